The fourth-order valence-corrected chi connectivity index (χ4v) is 7.01. The van der Waals surface area contributed by atoms with Gasteiger partial charge in [-0.1, -0.05) is 43.5 Å². The van der Waals surface area contributed by atoms with Gasteiger partial charge in [0.05, 0.1) is 10.4 Å². The SMILES string of the molecule is CCCCC1CSC(Cc2ccc(Cl)cc2)(Cn2ccnc2)S1. The number of unbranched alkanes of at least 4 members (excludes halogenated alkanes) is 1. The molecule has 0 amide bonds. The van der Waals surface area contributed by atoms with E-state index in [9.17, 15) is 0 Å². The van der Waals surface area contributed by atoms with Gasteiger partial charge in [-0.3, -0.25) is 0 Å². The molecule has 1 aromatic carbocycles. The second kappa shape index (κ2) is 8.00. The maximum Gasteiger partial charge on any atom is 0.0946 e. The lowest BCUT2D eigenvalue weighted by Crippen LogP contribution is -2.27. The molecule has 1 saturated heterocycles. The zero-order chi connectivity index (χ0) is 16.1. The highest BCUT2D eigenvalue weighted by atomic mass is 35.5. The van der Waals surface area contributed by atoms with Crippen molar-refractivity contribution in [3.63, 3.8) is 0 Å². The van der Waals surface area contributed by atoms with Gasteiger partial charge in [-0.2, -0.15) is 0 Å². The summed E-state index contributed by atoms with van der Waals surface area (Å²) in [5.41, 5.74) is 1.37. The summed E-state index contributed by atoms with van der Waals surface area (Å²) in [4.78, 5) is 4.21. The lowest BCUT2D eigenvalue weighted by Gasteiger charge is -2.28. The summed E-state index contributed by atoms with van der Waals surface area (Å²) < 4.78 is 2.42. The number of imidazole rings is 1. The standard InChI is InChI=1S/C18H23ClN2S2/c1-2-3-4-17-12-22-18(23-17,13-21-10-9-20-14-21)11-15-5-7-16(19)8-6-15/h5-10,14,17H,2-4,11-13H2,1H3. The molecule has 1 aromatic heterocycles. The molecule has 0 radical (unpaired) electrons. The van der Waals surface area contributed by atoms with Gasteiger partial charge in [0.15, 0.2) is 0 Å². The first-order valence-electron chi connectivity index (χ1n) is 8.21. The van der Waals surface area contributed by atoms with Gasteiger partial charge in [0.2, 0.25) is 0 Å². The molecule has 2 atom stereocenters. The molecule has 5 heteroatoms. The monoisotopic (exact) mass is 366 g/mol. The first-order chi connectivity index (χ1) is 11.2. The minimum absolute atomic E-state index is 0.201. The molecule has 0 aliphatic carbocycles. The molecule has 1 aliphatic rings. The Bertz CT molecular complexity index is 600. The summed E-state index contributed by atoms with van der Waals surface area (Å²) >= 11 is 10.3. The van der Waals surface area contributed by atoms with E-state index in [0.717, 1.165) is 23.2 Å². The van der Waals surface area contributed by atoms with Crippen molar-refractivity contribution in [1.82, 2.24) is 9.55 Å². The minimum atomic E-state index is 0.201. The van der Waals surface area contributed by atoms with Crippen LogP contribution in [0.25, 0.3) is 0 Å². The van der Waals surface area contributed by atoms with Crippen molar-refractivity contribution in [3.8, 4) is 0 Å². The third-order valence-corrected chi connectivity index (χ3v) is 8.08. The van der Waals surface area contributed by atoms with Crippen molar-refractivity contribution in [2.24, 2.45) is 0 Å². The summed E-state index contributed by atoms with van der Waals surface area (Å²) in [6.45, 7) is 3.28. The van der Waals surface area contributed by atoms with Crippen molar-refractivity contribution in [2.45, 2.75) is 48.5 Å². The molecule has 2 heterocycles. The van der Waals surface area contributed by atoms with E-state index in [0.29, 0.717) is 0 Å². The first kappa shape index (κ1) is 17.2. The van der Waals surface area contributed by atoms with Gasteiger partial charge in [0.1, 0.15) is 0 Å². The maximum atomic E-state index is 6.04. The van der Waals surface area contributed by atoms with E-state index in [1.807, 2.05) is 24.7 Å². The number of benzene rings is 1. The van der Waals surface area contributed by atoms with Crippen molar-refractivity contribution in [3.05, 3.63) is 53.6 Å². The van der Waals surface area contributed by atoms with E-state index >= 15 is 0 Å². The van der Waals surface area contributed by atoms with E-state index in [1.54, 1.807) is 0 Å². The van der Waals surface area contributed by atoms with Crippen LogP contribution in [0, 0.1) is 0 Å². The van der Waals surface area contributed by atoms with E-state index < -0.39 is 0 Å². The van der Waals surface area contributed by atoms with E-state index in [2.05, 4.69) is 58.3 Å². The molecule has 2 unspecified atom stereocenters. The molecule has 124 valence electrons. The zero-order valence-electron chi connectivity index (χ0n) is 13.5. The Morgan fingerprint density at radius 3 is 2.87 bits per heavy atom. The largest absolute Gasteiger partial charge is 0.335 e. The highest BCUT2D eigenvalue weighted by Crippen LogP contribution is 2.52. The lowest BCUT2D eigenvalue weighted by atomic mass is 10.1. The summed E-state index contributed by atoms with van der Waals surface area (Å²) in [7, 11) is 0. The van der Waals surface area contributed by atoms with Crippen molar-refractivity contribution < 1.29 is 0 Å². The van der Waals surface area contributed by atoms with Crippen LogP contribution >= 0.6 is 35.1 Å². The van der Waals surface area contributed by atoms with Gasteiger partial charge < -0.3 is 4.57 Å². The van der Waals surface area contributed by atoms with Gasteiger partial charge in [0.25, 0.3) is 0 Å². The van der Waals surface area contributed by atoms with E-state index in [-0.39, 0.29) is 4.08 Å². The highest BCUT2D eigenvalue weighted by Gasteiger charge is 2.40. The Morgan fingerprint density at radius 2 is 2.17 bits per heavy atom. The molecule has 2 aromatic rings. The molecular weight excluding hydrogens is 344 g/mol. The Balaban J connectivity index is 1.75. The summed E-state index contributed by atoms with van der Waals surface area (Å²) in [5.74, 6) is 1.26. The maximum absolute atomic E-state index is 6.04. The van der Waals surface area contributed by atoms with Crippen molar-refractivity contribution >= 4 is 35.1 Å². The van der Waals surface area contributed by atoms with Gasteiger partial charge >= 0.3 is 0 Å². The normalized spacial score (nSPS) is 24.2. The predicted molar refractivity (Wildman–Crippen MR) is 103 cm³/mol. The fourth-order valence-electron chi connectivity index (χ4n) is 2.99. The van der Waals surface area contributed by atoms with E-state index in [1.165, 1.54) is 30.6 Å². The van der Waals surface area contributed by atoms with Crippen LogP contribution in [0.4, 0.5) is 0 Å². The average molecular weight is 367 g/mol. The molecule has 0 spiro atoms. The number of nitrogens with zero attached hydrogens (tertiary/aromatic N) is 2. The van der Waals surface area contributed by atoms with Crippen LogP contribution in [0.1, 0.15) is 31.7 Å². The second-order valence-electron chi connectivity index (χ2n) is 6.14. The van der Waals surface area contributed by atoms with Crippen molar-refractivity contribution in [1.29, 1.82) is 0 Å². The lowest BCUT2D eigenvalue weighted by molar-refractivity contribution is 0.624. The summed E-state index contributed by atoms with van der Waals surface area (Å²) in [6.07, 6.45) is 10.9. The molecule has 23 heavy (non-hydrogen) atoms. The summed E-state index contributed by atoms with van der Waals surface area (Å²) in [5, 5.41) is 1.58. The Labute approximate surface area is 152 Å². The van der Waals surface area contributed by atoms with Crippen LogP contribution in [0.5, 0.6) is 0 Å². The van der Waals surface area contributed by atoms with Gasteiger partial charge in [0, 0.05) is 35.0 Å². The fraction of sp³-hybridized carbons (Fsp3) is 0.500. The van der Waals surface area contributed by atoms with Crippen molar-refractivity contribution in [2.75, 3.05) is 5.75 Å². The number of hydrogen-bond donors (Lipinski definition) is 0. The zero-order valence-corrected chi connectivity index (χ0v) is 15.8. The molecule has 3 rings (SSSR count). The molecule has 0 N–H and O–H groups in total. The minimum Gasteiger partial charge on any atom is -0.335 e. The molecular formula is C18H23ClN2S2. The number of rotatable bonds is 7. The highest BCUT2D eigenvalue weighted by molar-refractivity contribution is 8.21. The van der Waals surface area contributed by atoms with Crippen LogP contribution in [0.3, 0.4) is 0 Å². The van der Waals surface area contributed by atoms with Crippen LogP contribution in [0.15, 0.2) is 43.0 Å². The quantitative estimate of drug-likeness (QED) is 0.643. The van der Waals surface area contributed by atoms with Crippen LogP contribution in [-0.2, 0) is 13.0 Å². The Kier molecular flexibility index (Phi) is 6.00. The topological polar surface area (TPSA) is 17.8 Å². The summed E-state index contributed by atoms with van der Waals surface area (Å²) in [6, 6.07) is 8.33. The Morgan fingerprint density at radius 1 is 1.35 bits per heavy atom. The van der Waals surface area contributed by atoms with Gasteiger partial charge in [-0.15, -0.1) is 23.5 Å². The molecule has 2 nitrogen and oxygen atoms in total. The van der Waals surface area contributed by atoms with Crippen LogP contribution < -0.4 is 0 Å². The smallest absolute Gasteiger partial charge is 0.0946 e. The molecule has 1 aliphatic heterocycles. The molecule has 0 saturated carbocycles. The van der Waals surface area contributed by atoms with Crippen LogP contribution in [0.2, 0.25) is 5.02 Å². The average Bonchev–Trinajstić information content (AvgIpc) is 3.18. The number of hydrogen-bond acceptors (Lipinski definition) is 3. The number of aromatic nitrogens is 2. The van der Waals surface area contributed by atoms with E-state index in [4.69, 9.17) is 11.6 Å². The third-order valence-electron chi connectivity index (χ3n) is 4.16. The first-order valence-corrected chi connectivity index (χ1v) is 10.5. The van der Waals surface area contributed by atoms with Gasteiger partial charge in [-0.05, 0) is 30.5 Å². The number of thioether (sulfide) groups is 2. The van der Waals surface area contributed by atoms with Crippen LogP contribution in [-0.4, -0.2) is 24.6 Å². The molecule has 1 fully saturated rings. The Hall–Kier alpha value is -0.580. The second-order valence-corrected chi connectivity index (χ2v) is 9.92. The number of halogens is 1. The molecule has 0 bridgehead atoms. The third kappa shape index (κ3) is 4.71. The van der Waals surface area contributed by atoms with Gasteiger partial charge in [-0.25, -0.2) is 4.98 Å². The predicted octanol–water partition coefficient (Wildman–Crippen LogP) is 5.51.